The molecule has 3 aromatic rings. The summed E-state index contributed by atoms with van der Waals surface area (Å²) in [6, 6.07) is 14.4. The first-order valence-electron chi connectivity index (χ1n) is 9.15. The van der Waals surface area contributed by atoms with E-state index in [0.717, 1.165) is 48.4 Å². The molecule has 0 saturated carbocycles. The Morgan fingerprint density at radius 1 is 1.08 bits per heavy atom. The third-order valence-electron chi connectivity index (χ3n) is 4.60. The minimum atomic E-state index is 0.263. The number of benzene rings is 2. The van der Waals surface area contributed by atoms with Crippen molar-refractivity contribution in [3.63, 3.8) is 0 Å². The number of aromatic nitrogens is 2. The summed E-state index contributed by atoms with van der Waals surface area (Å²) in [6.45, 7) is 5.81. The zero-order valence-electron chi connectivity index (χ0n) is 15.2. The first-order valence-corrected chi connectivity index (χ1v) is 9.15. The Morgan fingerprint density at radius 3 is 2.65 bits per heavy atom. The Bertz CT molecular complexity index is 899. The predicted molar refractivity (Wildman–Crippen MR) is 106 cm³/mol. The van der Waals surface area contributed by atoms with Crippen LogP contribution in [0.3, 0.4) is 0 Å². The summed E-state index contributed by atoms with van der Waals surface area (Å²) < 4.78 is 5.72. The van der Waals surface area contributed by atoms with Crippen LogP contribution in [0.1, 0.15) is 24.0 Å². The number of hydrogen-bond donors (Lipinski definition) is 2. The van der Waals surface area contributed by atoms with Crippen molar-refractivity contribution in [3.8, 4) is 0 Å². The molecule has 4 rings (SSSR count). The molecule has 5 heteroatoms. The quantitative estimate of drug-likeness (QED) is 0.707. The maximum atomic E-state index is 5.72. The van der Waals surface area contributed by atoms with Gasteiger partial charge in [-0.05, 0) is 62.1 Å². The Hall–Kier alpha value is -2.66. The highest BCUT2D eigenvalue weighted by Crippen LogP contribution is 2.25. The lowest BCUT2D eigenvalue weighted by atomic mass is 10.1. The monoisotopic (exact) mass is 348 g/mol. The fourth-order valence-corrected chi connectivity index (χ4v) is 3.46. The first-order chi connectivity index (χ1) is 12.7. The predicted octanol–water partition coefficient (Wildman–Crippen LogP) is 4.58. The van der Waals surface area contributed by atoms with Crippen LogP contribution in [0.5, 0.6) is 0 Å². The van der Waals surface area contributed by atoms with E-state index in [-0.39, 0.29) is 6.10 Å². The van der Waals surface area contributed by atoms with Gasteiger partial charge in [-0.15, -0.1) is 0 Å². The van der Waals surface area contributed by atoms with E-state index in [9.17, 15) is 0 Å². The molecule has 0 amide bonds. The Labute approximate surface area is 153 Å². The van der Waals surface area contributed by atoms with Crippen molar-refractivity contribution in [1.82, 2.24) is 9.97 Å². The molecular weight excluding hydrogens is 324 g/mol. The Balaban J connectivity index is 1.64. The van der Waals surface area contributed by atoms with Gasteiger partial charge in [0.1, 0.15) is 5.82 Å². The topological polar surface area (TPSA) is 59.1 Å². The maximum absolute atomic E-state index is 5.72. The van der Waals surface area contributed by atoms with Crippen LogP contribution in [0.25, 0.3) is 10.9 Å². The molecule has 1 aliphatic rings. The van der Waals surface area contributed by atoms with Crippen LogP contribution in [0.2, 0.25) is 0 Å². The Morgan fingerprint density at radius 2 is 1.88 bits per heavy atom. The number of nitrogens with zero attached hydrogens (tertiary/aromatic N) is 2. The number of fused-ring (bicyclic) bond motifs is 1. The van der Waals surface area contributed by atoms with E-state index in [0.29, 0.717) is 5.95 Å². The van der Waals surface area contributed by atoms with Gasteiger partial charge in [0, 0.05) is 24.2 Å². The molecule has 0 aliphatic carbocycles. The minimum Gasteiger partial charge on any atom is -0.376 e. The van der Waals surface area contributed by atoms with Crippen LogP contribution >= 0.6 is 0 Å². The second kappa shape index (κ2) is 7.30. The van der Waals surface area contributed by atoms with E-state index in [1.54, 1.807) is 0 Å². The van der Waals surface area contributed by atoms with Gasteiger partial charge in [0.05, 0.1) is 11.6 Å². The van der Waals surface area contributed by atoms with E-state index < -0.39 is 0 Å². The second-order valence-corrected chi connectivity index (χ2v) is 6.93. The summed E-state index contributed by atoms with van der Waals surface area (Å²) in [6.07, 6.45) is 2.50. The van der Waals surface area contributed by atoms with Crippen LogP contribution in [0, 0.1) is 13.8 Å². The molecule has 0 spiro atoms. The summed E-state index contributed by atoms with van der Waals surface area (Å²) in [5, 5.41) is 7.84. The summed E-state index contributed by atoms with van der Waals surface area (Å²) in [5.74, 6) is 1.45. The standard InChI is InChI=1S/C21H24N4O/c1-14-10-15(2)12-16(11-14)23-21-24-19-8-4-3-7-18(19)20(25-21)22-13-17-6-5-9-26-17/h3-4,7-8,10-12,17H,5-6,9,13H2,1-2H3,(H2,22,23,24,25)/t17-/m1/s1. The maximum Gasteiger partial charge on any atom is 0.229 e. The molecule has 1 aromatic heterocycles. The smallest absolute Gasteiger partial charge is 0.229 e. The third-order valence-corrected chi connectivity index (χ3v) is 4.60. The highest BCUT2D eigenvalue weighted by molar-refractivity contribution is 5.90. The molecule has 26 heavy (non-hydrogen) atoms. The van der Waals surface area contributed by atoms with Crippen molar-refractivity contribution in [2.75, 3.05) is 23.8 Å². The molecule has 1 fully saturated rings. The number of hydrogen-bond acceptors (Lipinski definition) is 5. The van der Waals surface area contributed by atoms with E-state index in [1.807, 2.05) is 24.3 Å². The SMILES string of the molecule is Cc1cc(C)cc(Nc2nc(NC[C@H]3CCCO3)c3ccccc3n2)c1. The third kappa shape index (κ3) is 3.78. The molecule has 0 radical (unpaired) electrons. The van der Waals surface area contributed by atoms with Gasteiger partial charge >= 0.3 is 0 Å². The lowest BCUT2D eigenvalue weighted by Crippen LogP contribution is -2.19. The first kappa shape index (κ1) is 16.8. The van der Waals surface area contributed by atoms with Crippen LogP contribution in [-0.4, -0.2) is 29.2 Å². The summed E-state index contributed by atoms with van der Waals surface area (Å²) in [7, 11) is 0. The summed E-state index contributed by atoms with van der Waals surface area (Å²) >= 11 is 0. The number of para-hydroxylation sites is 1. The molecule has 0 unspecified atom stereocenters. The van der Waals surface area contributed by atoms with Crippen LogP contribution in [0.15, 0.2) is 42.5 Å². The molecular formula is C21H24N4O. The average Bonchev–Trinajstić information content (AvgIpc) is 3.12. The van der Waals surface area contributed by atoms with Gasteiger partial charge in [-0.1, -0.05) is 18.2 Å². The highest BCUT2D eigenvalue weighted by atomic mass is 16.5. The Kier molecular flexibility index (Phi) is 4.71. The number of rotatable bonds is 5. The van der Waals surface area contributed by atoms with E-state index in [1.165, 1.54) is 11.1 Å². The number of anilines is 3. The number of aryl methyl sites for hydroxylation is 2. The van der Waals surface area contributed by atoms with Crippen molar-refractivity contribution < 1.29 is 4.74 Å². The zero-order valence-corrected chi connectivity index (χ0v) is 15.2. The van der Waals surface area contributed by atoms with Gasteiger partial charge in [0.25, 0.3) is 0 Å². The zero-order chi connectivity index (χ0) is 17.9. The van der Waals surface area contributed by atoms with Gasteiger partial charge in [0.15, 0.2) is 0 Å². The number of ether oxygens (including phenoxy) is 1. The lowest BCUT2D eigenvalue weighted by Gasteiger charge is -2.15. The van der Waals surface area contributed by atoms with Gasteiger partial charge in [-0.25, -0.2) is 4.98 Å². The minimum absolute atomic E-state index is 0.263. The van der Waals surface area contributed by atoms with Gasteiger partial charge in [-0.3, -0.25) is 0 Å². The molecule has 1 atom stereocenters. The number of nitrogens with one attached hydrogen (secondary N) is 2. The molecule has 1 saturated heterocycles. The summed E-state index contributed by atoms with van der Waals surface area (Å²) in [4.78, 5) is 9.40. The fourth-order valence-electron chi connectivity index (χ4n) is 3.46. The molecule has 2 N–H and O–H groups in total. The van der Waals surface area contributed by atoms with Gasteiger partial charge in [-0.2, -0.15) is 4.98 Å². The van der Waals surface area contributed by atoms with E-state index in [4.69, 9.17) is 9.72 Å². The van der Waals surface area contributed by atoms with Crippen molar-refractivity contribution in [2.24, 2.45) is 0 Å². The van der Waals surface area contributed by atoms with Crippen LogP contribution < -0.4 is 10.6 Å². The average molecular weight is 348 g/mol. The lowest BCUT2D eigenvalue weighted by molar-refractivity contribution is 0.120. The van der Waals surface area contributed by atoms with Gasteiger partial charge < -0.3 is 15.4 Å². The largest absolute Gasteiger partial charge is 0.376 e. The van der Waals surface area contributed by atoms with E-state index >= 15 is 0 Å². The molecule has 134 valence electrons. The van der Waals surface area contributed by atoms with Gasteiger partial charge in [0.2, 0.25) is 5.95 Å². The van der Waals surface area contributed by atoms with Crippen molar-refractivity contribution >= 4 is 28.4 Å². The second-order valence-electron chi connectivity index (χ2n) is 6.93. The summed E-state index contributed by atoms with van der Waals surface area (Å²) in [5.41, 5.74) is 4.35. The van der Waals surface area contributed by atoms with Crippen molar-refractivity contribution in [3.05, 3.63) is 53.6 Å². The fraction of sp³-hybridized carbons (Fsp3) is 0.333. The van der Waals surface area contributed by atoms with Crippen molar-refractivity contribution in [2.45, 2.75) is 32.8 Å². The normalized spacial score (nSPS) is 16.8. The van der Waals surface area contributed by atoms with E-state index in [2.05, 4.69) is 47.7 Å². The highest BCUT2D eigenvalue weighted by Gasteiger charge is 2.16. The molecule has 1 aliphatic heterocycles. The molecule has 2 heterocycles. The van der Waals surface area contributed by atoms with Crippen LogP contribution in [0.4, 0.5) is 17.5 Å². The molecule has 5 nitrogen and oxygen atoms in total. The molecule has 2 aromatic carbocycles. The molecule has 0 bridgehead atoms. The van der Waals surface area contributed by atoms with Crippen LogP contribution in [-0.2, 0) is 4.74 Å². The van der Waals surface area contributed by atoms with Crippen molar-refractivity contribution in [1.29, 1.82) is 0 Å².